The molecule has 2 aliphatic rings. The van der Waals surface area contributed by atoms with Crippen molar-refractivity contribution in [2.45, 2.75) is 19.0 Å². The number of thiophene rings is 1. The van der Waals surface area contributed by atoms with E-state index in [0.717, 1.165) is 28.2 Å². The van der Waals surface area contributed by atoms with E-state index in [4.69, 9.17) is 9.47 Å². The Morgan fingerprint density at radius 2 is 2.06 bits per heavy atom. The molecule has 0 aliphatic carbocycles. The lowest BCUT2D eigenvalue weighted by atomic mass is 9.98. The third kappa shape index (κ3) is 3.44. The predicted octanol–water partition coefficient (Wildman–Crippen LogP) is 4.31. The minimum absolute atomic E-state index is 0.110. The number of aliphatic hydroxyl groups excluding tert-OH is 1. The van der Waals surface area contributed by atoms with Gasteiger partial charge in [-0.1, -0.05) is 18.2 Å². The zero-order chi connectivity index (χ0) is 22.2. The van der Waals surface area contributed by atoms with Crippen molar-refractivity contribution < 1.29 is 24.2 Å². The van der Waals surface area contributed by atoms with Crippen LogP contribution in [0.4, 0.5) is 0 Å². The van der Waals surface area contributed by atoms with Gasteiger partial charge in [0.15, 0.2) is 0 Å². The molecule has 1 fully saturated rings. The number of Topliss-reactive ketones (excluding diaryl/α,β-unsaturated/α-hetero) is 1. The summed E-state index contributed by atoms with van der Waals surface area (Å²) in [6, 6.07) is 15.8. The number of aliphatic hydroxyl groups is 1. The van der Waals surface area contributed by atoms with Crippen LogP contribution in [0.15, 0.2) is 65.6 Å². The minimum atomic E-state index is -0.680. The van der Waals surface area contributed by atoms with Gasteiger partial charge in [-0.05, 0) is 52.9 Å². The molecule has 32 heavy (non-hydrogen) atoms. The van der Waals surface area contributed by atoms with Gasteiger partial charge in [0.05, 0.1) is 25.3 Å². The molecule has 0 saturated carbocycles. The van der Waals surface area contributed by atoms with Crippen molar-refractivity contribution in [3.8, 4) is 11.5 Å². The second-order valence-electron chi connectivity index (χ2n) is 7.71. The maximum absolute atomic E-state index is 13.1. The van der Waals surface area contributed by atoms with Crippen molar-refractivity contribution in [1.82, 2.24) is 4.90 Å². The molecule has 2 aliphatic heterocycles. The number of likely N-dealkylation sites (tertiary alicyclic amines) is 1. The standard InChI is InChI=1S/C25H21NO5S/c1-30-18-5-2-4-15(12-18)14-26-22(20-6-3-11-32-20)21(24(28)25(26)29)23(27)17-7-8-19-16(13-17)9-10-31-19/h2-8,11-13,22,27H,9-10,14H2,1H3/b23-21-. The molecule has 1 amide bonds. The minimum Gasteiger partial charge on any atom is -0.507 e. The third-order valence-corrected chi connectivity index (χ3v) is 6.73. The highest BCUT2D eigenvalue weighted by atomic mass is 32.1. The van der Waals surface area contributed by atoms with E-state index in [-0.39, 0.29) is 17.9 Å². The number of amides is 1. The smallest absolute Gasteiger partial charge is 0.295 e. The number of ketones is 1. The predicted molar refractivity (Wildman–Crippen MR) is 121 cm³/mol. The molecule has 7 heteroatoms. The first-order valence-electron chi connectivity index (χ1n) is 10.3. The van der Waals surface area contributed by atoms with Gasteiger partial charge < -0.3 is 19.5 Å². The number of fused-ring (bicyclic) bond motifs is 1. The van der Waals surface area contributed by atoms with Crippen LogP contribution >= 0.6 is 11.3 Å². The van der Waals surface area contributed by atoms with Crippen molar-refractivity contribution >= 4 is 28.8 Å². The Kier molecular flexibility index (Phi) is 5.19. The molecule has 3 heterocycles. The summed E-state index contributed by atoms with van der Waals surface area (Å²) >= 11 is 1.45. The zero-order valence-electron chi connectivity index (χ0n) is 17.4. The van der Waals surface area contributed by atoms with E-state index in [0.29, 0.717) is 17.9 Å². The topological polar surface area (TPSA) is 76.1 Å². The second kappa shape index (κ2) is 8.16. The summed E-state index contributed by atoms with van der Waals surface area (Å²) in [5, 5.41) is 13.1. The monoisotopic (exact) mass is 447 g/mol. The van der Waals surface area contributed by atoms with Gasteiger partial charge >= 0.3 is 0 Å². The van der Waals surface area contributed by atoms with Crippen LogP contribution in [0.3, 0.4) is 0 Å². The van der Waals surface area contributed by atoms with Crippen molar-refractivity contribution in [2.24, 2.45) is 0 Å². The highest BCUT2D eigenvalue weighted by Gasteiger charge is 2.46. The molecule has 6 nitrogen and oxygen atoms in total. The average Bonchev–Trinajstić information content (AvgIpc) is 3.55. The molecule has 3 aromatic rings. The first kappa shape index (κ1) is 20.3. The number of rotatable bonds is 5. The Balaban J connectivity index is 1.59. The highest BCUT2D eigenvalue weighted by Crippen LogP contribution is 2.42. The fraction of sp³-hybridized carbons (Fsp3) is 0.200. The molecule has 1 aromatic heterocycles. The van der Waals surface area contributed by atoms with Gasteiger partial charge in [-0.15, -0.1) is 11.3 Å². The Bertz CT molecular complexity index is 1230. The van der Waals surface area contributed by atoms with E-state index in [1.807, 2.05) is 47.8 Å². The molecular formula is C25H21NO5S. The van der Waals surface area contributed by atoms with Gasteiger partial charge in [-0.2, -0.15) is 0 Å². The van der Waals surface area contributed by atoms with Gasteiger partial charge in [0, 0.05) is 23.4 Å². The Morgan fingerprint density at radius 1 is 1.19 bits per heavy atom. The summed E-state index contributed by atoms with van der Waals surface area (Å²) in [7, 11) is 1.58. The first-order chi connectivity index (χ1) is 15.6. The summed E-state index contributed by atoms with van der Waals surface area (Å²) in [5.74, 6) is -0.00986. The van der Waals surface area contributed by atoms with Crippen LogP contribution in [0.1, 0.15) is 27.6 Å². The fourth-order valence-electron chi connectivity index (χ4n) is 4.24. The Morgan fingerprint density at radius 3 is 2.84 bits per heavy atom. The van der Waals surface area contributed by atoms with Crippen LogP contribution in [0.5, 0.6) is 11.5 Å². The number of hydrogen-bond acceptors (Lipinski definition) is 6. The molecule has 0 spiro atoms. The molecule has 0 radical (unpaired) electrons. The maximum Gasteiger partial charge on any atom is 0.295 e. The van der Waals surface area contributed by atoms with Gasteiger partial charge in [-0.25, -0.2) is 0 Å². The van der Waals surface area contributed by atoms with E-state index in [1.54, 1.807) is 19.2 Å². The van der Waals surface area contributed by atoms with Crippen LogP contribution in [-0.2, 0) is 22.6 Å². The summed E-state index contributed by atoms with van der Waals surface area (Å²) in [6.45, 7) is 0.818. The van der Waals surface area contributed by atoms with Crippen LogP contribution in [0.25, 0.3) is 5.76 Å². The largest absolute Gasteiger partial charge is 0.507 e. The van der Waals surface area contributed by atoms with E-state index in [9.17, 15) is 14.7 Å². The quantitative estimate of drug-likeness (QED) is 0.358. The summed E-state index contributed by atoms with van der Waals surface area (Å²) in [4.78, 5) is 28.6. The molecule has 162 valence electrons. The van der Waals surface area contributed by atoms with E-state index in [2.05, 4.69) is 0 Å². The first-order valence-corrected chi connectivity index (χ1v) is 11.2. The maximum atomic E-state index is 13.1. The number of carbonyl (C=O) groups excluding carboxylic acids is 2. The molecule has 1 unspecified atom stereocenters. The van der Waals surface area contributed by atoms with E-state index < -0.39 is 17.7 Å². The Hall–Kier alpha value is -3.58. The molecule has 2 aromatic carbocycles. The van der Waals surface area contributed by atoms with Crippen LogP contribution in [0, 0.1) is 0 Å². The lowest BCUT2D eigenvalue weighted by molar-refractivity contribution is -0.140. The fourth-order valence-corrected chi connectivity index (χ4v) is 5.09. The van der Waals surface area contributed by atoms with Crippen molar-refractivity contribution in [1.29, 1.82) is 0 Å². The second-order valence-corrected chi connectivity index (χ2v) is 8.69. The molecule has 1 atom stereocenters. The average molecular weight is 448 g/mol. The SMILES string of the molecule is COc1cccc(CN2C(=O)C(=O)/C(=C(\O)c3ccc4c(c3)CCO4)C2c2cccs2)c1. The third-order valence-electron chi connectivity index (χ3n) is 5.80. The van der Waals surface area contributed by atoms with Crippen LogP contribution < -0.4 is 9.47 Å². The van der Waals surface area contributed by atoms with Crippen molar-refractivity contribution in [3.05, 3.63) is 87.1 Å². The zero-order valence-corrected chi connectivity index (χ0v) is 18.2. The normalized spacial score (nSPS) is 19.2. The highest BCUT2D eigenvalue weighted by molar-refractivity contribution is 7.10. The number of ether oxygens (including phenoxy) is 2. The van der Waals surface area contributed by atoms with E-state index >= 15 is 0 Å². The summed E-state index contributed by atoms with van der Waals surface area (Å²) in [6.07, 6.45) is 0.745. The van der Waals surface area contributed by atoms with Crippen molar-refractivity contribution in [2.75, 3.05) is 13.7 Å². The van der Waals surface area contributed by atoms with Crippen LogP contribution in [0.2, 0.25) is 0 Å². The van der Waals surface area contributed by atoms with Gasteiger partial charge in [0.25, 0.3) is 11.7 Å². The number of hydrogen-bond donors (Lipinski definition) is 1. The number of nitrogens with zero attached hydrogens (tertiary/aromatic N) is 1. The molecule has 0 bridgehead atoms. The van der Waals surface area contributed by atoms with Gasteiger partial charge in [0.2, 0.25) is 0 Å². The Labute approximate surface area is 189 Å². The number of benzene rings is 2. The molecule has 1 saturated heterocycles. The number of carbonyl (C=O) groups is 2. The molecule has 5 rings (SSSR count). The summed E-state index contributed by atoms with van der Waals surface area (Å²) in [5.41, 5.74) is 2.43. The lowest BCUT2D eigenvalue weighted by Gasteiger charge is -2.24. The van der Waals surface area contributed by atoms with Crippen LogP contribution in [-0.4, -0.2) is 35.4 Å². The van der Waals surface area contributed by atoms with Gasteiger partial charge in [-0.3, -0.25) is 9.59 Å². The van der Waals surface area contributed by atoms with Crippen molar-refractivity contribution in [3.63, 3.8) is 0 Å². The van der Waals surface area contributed by atoms with E-state index in [1.165, 1.54) is 16.2 Å². The summed E-state index contributed by atoms with van der Waals surface area (Å²) < 4.78 is 10.8. The van der Waals surface area contributed by atoms with Gasteiger partial charge in [0.1, 0.15) is 17.3 Å². The number of methoxy groups -OCH3 is 1. The molecule has 1 N–H and O–H groups in total. The lowest BCUT2D eigenvalue weighted by Crippen LogP contribution is -2.28. The molecular weight excluding hydrogens is 426 g/mol.